The minimum Gasteiger partial charge on any atom is -0.483 e. The van der Waals surface area contributed by atoms with Crippen molar-refractivity contribution in [1.82, 2.24) is 9.71 Å². The molecule has 29 heavy (non-hydrogen) atoms. The Hall–Kier alpha value is -2.71. The zero-order valence-corrected chi connectivity index (χ0v) is 18.0. The lowest BCUT2D eigenvalue weighted by Gasteiger charge is -2.22. The van der Waals surface area contributed by atoms with E-state index in [-0.39, 0.29) is 10.4 Å². The Morgan fingerprint density at radius 2 is 1.72 bits per heavy atom. The van der Waals surface area contributed by atoms with E-state index < -0.39 is 22.5 Å². The molecule has 0 saturated heterocycles. The molecule has 1 amide bonds. The Labute approximate surface area is 174 Å². The fourth-order valence-corrected chi connectivity index (χ4v) is 4.75. The smallest absolute Gasteiger partial charge is 0.282 e. The number of carbonyl (C=O) groups excluding carboxylic acids is 1. The molecule has 3 aromatic rings. The molecule has 0 aliphatic rings. The summed E-state index contributed by atoms with van der Waals surface area (Å²) in [6, 6.07) is 16.6. The van der Waals surface area contributed by atoms with Gasteiger partial charge in [-0.25, -0.2) is 9.71 Å². The van der Waals surface area contributed by atoms with Gasteiger partial charge in [-0.3, -0.25) is 4.79 Å². The molecule has 0 spiro atoms. The Morgan fingerprint density at radius 3 is 2.41 bits per heavy atom. The summed E-state index contributed by atoms with van der Waals surface area (Å²) in [5.74, 6) is -0.212. The van der Waals surface area contributed by atoms with Crippen LogP contribution in [0.2, 0.25) is 0 Å². The zero-order valence-electron chi connectivity index (χ0n) is 16.4. The Kier molecular flexibility index (Phi) is 6.04. The molecule has 0 saturated carbocycles. The quantitative estimate of drug-likeness (QED) is 0.639. The largest absolute Gasteiger partial charge is 0.483 e. The first-order chi connectivity index (χ1) is 13.7. The van der Waals surface area contributed by atoms with Crippen LogP contribution in [-0.2, 0) is 20.2 Å². The zero-order chi connectivity index (χ0) is 21.1. The van der Waals surface area contributed by atoms with Crippen LogP contribution in [0.3, 0.4) is 0 Å². The molecule has 0 bridgehead atoms. The monoisotopic (exact) mass is 430 g/mol. The molecule has 0 radical (unpaired) electrons. The predicted octanol–water partition coefficient (Wildman–Crippen LogP) is 3.99. The van der Waals surface area contributed by atoms with Gasteiger partial charge < -0.3 is 4.74 Å². The maximum atomic E-state index is 12.5. The number of para-hydroxylation sites is 1. The van der Waals surface area contributed by atoms with Crippen molar-refractivity contribution in [3.05, 3.63) is 65.5 Å². The van der Waals surface area contributed by atoms with Crippen LogP contribution in [0.5, 0.6) is 5.75 Å². The molecule has 0 fully saturated rings. The van der Waals surface area contributed by atoms with Gasteiger partial charge in [0.25, 0.3) is 15.9 Å². The van der Waals surface area contributed by atoms with Crippen molar-refractivity contribution in [1.29, 1.82) is 0 Å². The van der Waals surface area contributed by atoms with Gasteiger partial charge in [-0.2, -0.15) is 8.42 Å². The maximum Gasteiger partial charge on any atom is 0.282 e. The van der Waals surface area contributed by atoms with E-state index in [1.807, 2.05) is 68.0 Å². The van der Waals surface area contributed by atoms with Crippen molar-refractivity contribution in [2.45, 2.75) is 31.2 Å². The average Bonchev–Trinajstić information content (AvgIpc) is 3.18. The van der Waals surface area contributed by atoms with E-state index in [2.05, 4.69) is 4.98 Å². The number of rotatable bonds is 6. The summed E-state index contributed by atoms with van der Waals surface area (Å²) >= 11 is 1.20. The molecule has 1 aromatic heterocycles. The fourth-order valence-electron chi connectivity index (χ4n) is 2.68. The minimum atomic E-state index is -4.07. The number of nitrogens with one attached hydrogen (secondary N) is 1. The van der Waals surface area contributed by atoms with Gasteiger partial charge in [0, 0.05) is 10.9 Å². The third-order valence-corrected chi connectivity index (χ3v) is 6.38. The normalized spacial score (nSPS) is 11.8. The fraction of sp³-hybridized carbons (Fsp3) is 0.238. The second-order valence-electron chi connectivity index (χ2n) is 7.42. The summed E-state index contributed by atoms with van der Waals surface area (Å²) in [7, 11) is -4.07. The van der Waals surface area contributed by atoms with Gasteiger partial charge in [-0.05, 0) is 17.0 Å². The predicted molar refractivity (Wildman–Crippen MR) is 114 cm³/mol. The average molecular weight is 431 g/mol. The van der Waals surface area contributed by atoms with Crippen LogP contribution in [0.4, 0.5) is 0 Å². The number of ether oxygens (including phenoxy) is 1. The highest BCUT2D eigenvalue weighted by molar-refractivity contribution is 7.90. The van der Waals surface area contributed by atoms with Gasteiger partial charge in [-0.15, -0.1) is 11.3 Å². The van der Waals surface area contributed by atoms with Crippen molar-refractivity contribution >= 4 is 27.3 Å². The first kappa shape index (κ1) is 21.0. The van der Waals surface area contributed by atoms with Gasteiger partial charge >= 0.3 is 0 Å². The molecular weight excluding hydrogens is 408 g/mol. The molecule has 2 aromatic carbocycles. The molecule has 0 unspecified atom stereocenters. The van der Waals surface area contributed by atoms with Crippen molar-refractivity contribution in [2.24, 2.45) is 0 Å². The molecule has 8 heteroatoms. The highest BCUT2D eigenvalue weighted by atomic mass is 32.2. The highest BCUT2D eigenvalue weighted by Crippen LogP contribution is 2.31. The molecule has 0 aliphatic carbocycles. The lowest BCUT2D eigenvalue weighted by Crippen LogP contribution is -2.34. The number of aromatic nitrogens is 1. The third kappa shape index (κ3) is 5.21. The number of carbonyl (C=O) groups is 1. The number of hydrogen-bond acceptors (Lipinski definition) is 6. The minimum absolute atomic E-state index is 0.173. The van der Waals surface area contributed by atoms with Crippen LogP contribution in [-0.4, -0.2) is 25.9 Å². The number of hydrogen-bond donors (Lipinski definition) is 1. The summed E-state index contributed by atoms with van der Waals surface area (Å²) in [4.78, 5) is 16.3. The molecule has 1 N–H and O–H groups in total. The van der Waals surface area contributed by atoms with Gasteiger partial charge in [-0.1, -0.05) is 69.3 Å². The van der Waals surface area contributed by atoms with E-state index in [9.17, 15) is 13.2 Å². The standard InChI is InChI=1S/C21H22N2O4S2/c1-21(2,3)16-11-7-8-12-17(16)27-13-18(24)23-29(25,26)19-14-28-20(22-19)15-9-5-4-6-10-15/h4-12,14H,13H2,1-3H3,(H,23,24). The van der Waals surface area contributed by atoms with Crippen LogP contribution in [0, 0.1) is 0 Å². The van der Waals surface area contributed by atoms with Crippen LogP contribution in [0.15, 0.2) is 65.0 Å². The lowest BCUT2D eigenvalue weighted by atomic mass is 9.86. The summed E-state index contributed by atoms with van der Waals surface area (Å²) < 4.78 is 32.6. The van der Waals surface area contributed by atoms with E-state index in [4.69, 9.17) is 4.74 Å². The van der Waals surface area contributed by atoms with Crippen molar-refractivity contribution in [3.63, 3.8) is 0 Å². The molecule has 0 atom stereocenters. The number of thiazole rings is 1. The second kappa shape index (κ2) is 8.34. The number of amides is 1. The topological polar surface area (TPSA) is 85.4 Å². The van der Waals surface area contributed by atoms with Crippen molar-refractivity contribution < 1.29 is 17.9 Å². The van der Waals surface area contributed by atoms with Gasteiger partial charge in [0.1, 0.15) is 10.8 Å². The van der Waals surface area contributed by atoms with Crippen molar-refractivity contribution in [3.8, 4) is 16.3 Å². The number of benzene rings is 2. The van der Waals surface area contributed by atoms with E-state index in [1.165, 1.54) is 16.7 Å². The highest BCUT2D eigenvalue weighted by Gasteiger charge is 2.23. The molecule has 6 nitrogen and oxygen atoms in total. The van der Waals surface area contributed by atoms with Gasteiger partial charge in [0.05, 0.1) is 0 Å². The summed E-state index contributed by atoms with van der Waals surface area (Å²) in [6.07, 6.45) is 0. The van der Waals surface area contributed by atoms with Crippen LogP contribution >= 0.6 is 11.3 Å². The SMILES string of the molecule is CC(C)(C)c1ccccc1OCC(=O)NS(=O)(=O)c1csc(-c2ccccc2)n1. The lowest BCUT2D eigenvalue weighted by molar-refractivity contribution is -0.121. The molecular formula is C21H22N2O4S2. The number of sulfonamides is 1. The Balaban J connectivity index is 1.68. The summed E-state index contributed by atoms with van der Waals surface area (Å²) in [5.41, 5.74) is 1.57. The molecule has 3 rings (SSSR count). The van der Waals surface area contributed by atoms with Crippen LogP contribution in [0.1, 0.15) is 26.3 Å². The summed E-state index contributed by atoms with van der Waals surface area (Å²) in [6.45, 7) is 5.69. The maximum absolute atomic E-state index is 12.5. The van der Waals surface area contributed by atoms with E-state index in [1.54, 1.807) is 12.1 Å². The molecule has 152 valence electrons. The molecule has 0 aliphatic heterocycles. The third-order valence-electron chi connectivity index (χ3n) is 4.08. The van der Waals surface area contributed by atoms with Crippen LogP contribution < -0.4 is 9.46 Å². The first-order valence-electron chi connectivity index (χ1n) is 8.96. The van der Waals surface area contributed by atoms with E-state index in [0.29, 0.717) is 10.8 Å². The Morgan fingerprint density at radius 1 is 1.07 bits per heavy atom. The first-order valence-corrected chi connectivity index (χ1v) is 11.3. The summed E-state index contributed by atoms with van der Waals surface area (Å²) in [5, 5.41) is 1.78. The second-order valence-corrected chi connectivity index (χ2v) is 9.91. The van der Waals surface area contributed by atoms with E-state index in [0.717, 1.165) is 11.1 Å². The number of nitrogens with zero attached hydrogens (tertiary/aromatic N) is 1. The van der Waals surface area contributed by atoms with Gasteiger partial charge in [0.2, 0.25) is 0 Å². The molecule has 1 heterocycles. The van der Waals surface area contributed by atoms with Crippen molar-refractivity contribution in [2.75, 3.05) is 6.61 Å². The Bertz CT molecular complexity index is 1100. The van der Waals surface area contributed by atoms with Crippen LogP contribution in [0.25, 0.3) is 10.6 Å². The van der Waals surface area contributed by atoms with Gasteiger partial charge in [0.15, 0.2) is 11.6 Å². The van der Waals surface area contributed by atoms with E-state index >= 15 is 0 Å².